The fraction of sp³-hybridized carbons (Fsp3) is 0.350. The fourth-order valence-electron chi connectivity index (χ4n) is 3.25. The van der Waals surface area contributed by atoms with Crippen LogP contribution in [-0.4, -0.2) is 54.7 Å². The summed E-state index contributed by atoms with van der Waals surface area (Å²) >= 11 is 0. The number of ether oxygens (including phenoxy) is 1. The smallest absolute Gasteiger partial charge is 0.367 e. The summed E-state index contributed by atoms with van der Waals surface area (Å²) in [6.45, 7) is 0.211. The summed E-state index contributed by atoms with van der Waals surface area (Å²) in [5.41, 5.74) is 1.52. The molecule has 7 nitrogen and oxygen atoms in total. The minimum Gasteiger partial charge on any atom is -0.367 e. The second kappa shape index (κ2) is 9.12. The highest BCUT2D eigenvalue weighted by molar-refractivity contribution is 5.94. The van der Waals surface area contributed by atoms with E-state index in [1.807, 2.05) is 4.90 Å². The number of rotatable bonds is 6. The van der Waals surface area contributed by atoms with Crippen LogP contribution in [0.1, 0.15) is 15.9 Å². The maximum atomic E-state index is 12.7. The Kier molecular flexibility index (Phi) is 6.56. The molecule has 0 spiro atoms. The third kappa shape index (κ3) is 5.47. The van der Waals surface area contributed by atoms with Crippen molar-refractivity contribution in [3.05, 3.63) is 69.8 Å². The quantitative estimate of drug-likeness (QED) is 0.524. The second-order valence-corrected chi connectivity index (χ2v) is 6.83. The number of para-hydroxylation sites is 2. The molecule has 1 aliphatic rings. The van der Waals surface area contributed by atoms with E-state index in [1.165, 1.54) is 6.07 Å². The molecule has 160 valence electrons. The van der Waals surface area contributed by atoms with E-state index in [9.17, 15) is 28.1 Å². The van der Waals surface area contributed by atoms with Crippen LogP contribution in [0.2, 0.25) is 0 Å². The van der Waals surface area contributed by atoms with E-state index in [1.54, 1.807) is 47.4 Å². The first kappa shape index (κ1) is 21.6. The summed E-state index contributed by atoms with van der Waals surface area (Å²) < 4.78 is 41.0. The van der Waals surface area contributed by atoms with Crippen molar-refractivity contribution in [1.29, 1.82) is 0 Å². The molecule has 0 aliphatic carbocycles. The number of nitrogens with zero attached hydrogens (tertiary/aromatic N) is 3. The van der Waals surface area contributed by atoms with Crippen molar-refractivity contribution in [2.75, 3.05) is 37.7 Å². The Morgan fingerprint density at radius 3 is 2.27 bits per heavy atom. The lowest BCUT2D eigenvalue weighted by Gasteiger charge is -2.35. The lowest BCUT2D eigenvalue weighted by atomic mass is 10.1. The van der Waals surface area contributed by atoms with Crippen molar-refractivity contribution < 1.29 is 27.6 Å². The van der Waals surface area contributed by atoms with Gasteiger partial charge in [-0.25, -0.2) is 0 Å². The molecule has 0 radical (unpaired) electrons. The van der Waals surface area contributed by atoms with Gasteiger partial charge < -0.3 is 14.5 Å². The van der Waals surface area contributed by atoms with Crippen molar-refractivity contribution in [2.45, 2.75) is 12.8 Å². The number of benzene rings is 2. The number of hydrogen-bond donors (Lipinski definition) is 0. The monoisotopic (exact) mass is 423 g/mol. The summed E-state index contributed by atoms with van der Waals surface area (Å²) in [7, 11) is 0. The SMILES string of the molecule is O=C(c1ccc(COCC(F)(F)F)cc1)N1CCN(c2ccccc2[N+](=O)[O-])CC1. The zero-order chi connectivity index (χ0) is 21.7. The van der Waals surface area contributed by atoms with Crippen molar-refractivity contribution in [2.24, 2.45) is 0 Å². The first-order valence-corrected chi connectivity index (χ1v) is 9.26. The Labute approximate surface area is 170 Å². The molecule has 3 rings (SSSR count). The maximum Gasteiger partial charge on any atom is 0.411 e. The molecule has 1 heterocycles. The predicted octanol–water partition coefficient (Wildman–Crippen LogP) is 3.64. The molecule has 0 atom stereocenters. The average Bonchev–Trinajstić information content (AvgIpc) is 2.73. The molecule has 0 bridgehead atoms. The minimum atomic E-state index is -4.38. The van der Waals surface area contributed by atoms with Crippen LogP contribution < -0.4 is 4.90 Å². The molecular weight excluding hydrogens is 403 g/mol. The van der Waals surface area contributed by atoms with Crippen LogP contribution in [0.4, 0.5) is 24.5 Å². The molecule has 1 aliphatic heterocycles. The van der Waals surface area contributed by atoms with Crippen LogP contribution in [0.3, 0.4) is 0 Å². The summed E-state index contributed by atoms with van der Waals surface area (Å²) in [4.78, 5) is 27.0. The zero-order valence-corrected chi connectivity index (χ0v) is 16.0. The number of nitro benzene ring substituents is 1. The van der Waals surface area contributed by atoms with Crippen molar-refractivity contribution in [3.8, 4) is 0 Å². The molecule has 10 heteroatoms. The van der Waals surface area contributed by atoms with E-state index >= 15 is 0 Å². The van der Waals surface area contributed by atoms with Crippen LogP contribution in [0.15, 0.2) is 48.5 Å². The predicted molar refractivity (Wildman–Crippen MR) is 103 cm³/mol. The Bertz CT molecular complexity index is 895. The van der Waals surface area contributed by atoms with Gasteiger partial charge in [0.15, 0.2) is 0 Å². The van der Waals surface area contributed by atoms with Crippen LogP contribution in [0, 0.1) is 10.1 Å². The van der Waals surface area contributed by atoms with Gasteiger partial charge in [-0.1, -0.05) is 24.3 Å². The summed E-state index contributed by atoms with van der Waals surface area (Å²) in [5.74, 6) is -0.194. The van der Waals surface area contributed by atoms with E-state index < -0.39 is 17.7 Å². The Morgan fingerprint density at radius 1 is 1.03 bits per heavy atom. The van der Waals surface area contributed by atoms with Gasteiger partial charge in [-0.2, -0.15) is 13.2 Å². The molecule has 30 heavy (non-hydrogen) atoms. The molecule has 2 aromatic carbocycles. The number of hydrogen-bond acceptors (Lipinski definition) is 5. The van der Waals surface area contributed by atoms with Crippen molar-refractivity contribution >= 4 is 17.3 Å². The first-order chi connectivity index (χ1) is 14.2. The number of carbonyl (C=O) groups excluding carboxylic acids is 1. The van der Waals surface area contributed by atoms with Gasteiger partial charge in [0.05, 0.1) is 11.5 Å². The van der Waals surface area contributed by atoms with Crippen molar-refractivity contribution in [3.63, 3.8) is 0 Å². The summed E-state index contributed by atoms with van der Waals surface area (Å²) in [6, 6.07) is 12.7. The van der Waals surface area contributed by atoms with Crippen LogP contribution >= 0.6 is 0 Å². The molecule has 1 fully saturated rings. The van der Waals surface area contributed by atoms with Gasteiger partial charge in [0, 0.05) is 37.8 Å². The maximum absolute atomic E-state index is 12.7. The van der Waals surface area contributed by atoms with E-state index in [0.717, 1.165) is 0 Å². The molecule has 0 unspecified atom stereocenters. The highest BCUT2D eigenvalue weighted by atomic mass is 19.4. The fourth-order valence-corrected chi connectivity index (χ4v) is 3.25. The van der Waals surface area contributed by atoms with Crippen LogP contribution in [0.5, 0.6) is 0 Å². The Hall–Kier alpha value is -3.14. The number of alkyl halides is 3. The topological polar surface area (TPSA) is 75.9 Å². The van der Waals surface area contributed by atoms with E-state index in [2.05, 4.69) is 4.74 Å². The number of anilines is 1. The number of carbonyl (C=O) groups is 1. The molecule has 2 aromatic rings. The van der Waals surface area contributed by atoms with E-state index in [-0.39, 0.29) is 18.2 Å². The van der Waals surface area contributed by atoms with Gasteiger partial charge >= 0.3 is 6.18 Å². The normalized spacial score (nSPS) is 14.6. The van der Waals surface area contributed by atoms with Gasteiger partial charge in [0.1, 0.15) is 12.3 Å². The van der Waals surface area contributed by atoms with E-state index in [4.69, 9.17) is 0 Å². The summed E-state index contributed by atoms with van der Waals surface area (Å²) in [6.07, 6.45) is -4.38. The lowest BCUT2D eigenvalue weighted by Crippen LogP contribution is -2.48. The third-order valence-electron chi connectivity index (χ3n) is 4.72. The average molecular weight is 423 g/mol. The van der Waals surface area contributed by atoms with Gasteiger partial charge in [0.25, 0.3) is 11.6 Å². The standard InChI is InChI=1S/C20H20F3N3O4/c21-20(22,23)14-30-13-15-5-7-16(8-6-15)19(27)25-11-9-24(10-12-25)17-3-1-2-4-18(17)26(28)29/h1-8H,9-14H2. The van der Waals surface area contributed by atoms with Gasteiger partial charge in [-0.15, -0.1) is 0 Å². The zero-order valence-electron chi connectivity index (χ0n) is 16.0. The van der Waals surface area contributed by atoms with Gasteiger partial charge in [0.2, 0.25) is 0 Å². The minimum absolute atomic E-state index is 0.0283. The number of halogens is 3. The lowest BCUT2D eigenvalue weighted by molar-refractivity contribution is -0.384. The van der Waals surface area contributed by atoms with Crippen LogP contribution in [0.25, 0.3) is 0 Å². The molecule has 0 saturated carbocycles. The third-order valence-corrected chi connectivity index (χ3v) is 4.72. The Morgan fingerprint density at radius 2 is 1.67 bits per heavy atom. The molecule has 1 amide bonds. The highest BCUT2D eigenvalue weighted by Crippen LogP contribution is 2.28. The van der Waals surface area contributed by atoms with Crippen LogP contribution in [-0.2, 0) is 11.3 Å². The molecule has 0 N–H and O–H groups in total. The first-order valence-electron chi connectivity index (χ1n) is 9.26. The largest absolute Gasteiger partial charge is 0.411 e. The molecular formula is C20H20F3N3O4. The summed E-state index contributed by atoms with van der Waals surface area (Å²) in [5, 5.41) is 11.2. The van der Waals surface area contributed by atoms with Crippen molar-refractivity contribution in [1.82, 2.24) is 4.90 Å². The van der Waals surface area contributed by atoms with E-state index in [0.29, 0.717) is 43.0 Å². The van der Waals surface area contributed by atoms with Gasteiger partial charge in [-0.3, -0.25) is 14.9 Å². The number of nitro groups is 1. The molecule has 1 saturated heterocycles. The number of piperazine rings is 1. The second-order valence-electron chi connectivity index (χ2n) is 6.83. The number of amides is 1. The molecule has 0 aromatic heterocycles. The Balaban J connectivity index is 1.56. The van der Waals surface area contributed by atoms with Gasteiger partial charge in [-0.05, 0) is 23.8 Å². The highest BCUT2D eigenvalue weighted by Gasteiger charge is 2.28.